The van der Waals surface area contributed by atoms with Crippen molar-refractivity contribution in [3.63, 3.8) is 0 Å². The van der Waals surface area contributed by atoms with Gasteiger partial charge in [-0.05, 0) is 32.9 Å². The van der Waals surface area contributed by atoms with Crippen LogP contribution in [-0.4, -0.2) is 47.6 Å². The number of rotatable bonds is 1. The Morgan fingerprint density at radius 2 is 1.78 bits per heavy atom. The molecule has 0 radical (unpaired) electrons. The highest BCUT2D eigenvalue weighted by Crippen LogP contribution is 2.25. The van der Waals surface area contributed by atoms with Gasteiger partial charge in [0.25, 0.3) is 0 Å². The molecule has 1 fully saturated rings. The van der Waals surface area contributed by atoms with Crippen molar-refractivity contribution in [1.29, 1.82) is 0 Å². The van der Waals surface area contributed by atoms with Gasteiger partial charge in [0.15, 0.2) is 0 Å². The lowest BCUT2D eigenvalue weighted by Crippen LogP contribution is -2.55. The van der Waals surface area contributed by atoms with Gasteiger partial charge in [-0.2, -0.15) is 0 Å². The zero-order valence-electron chi connectivity index (χ0n) is 14.0. The SMILES string of the molecule is CC(C)(C)NC(=O)N1CCN(c2cccc3cccnc23)CC1. The predicted octanol–water partition coefficient (Wildman–Crippen LogP) is 2.86. The van der Waals surface area contributed by atoms with Crippen LogP contribution >= 0.6 is 0 Å². The number of hydrogen-bond donors (Lipinski definition) is 1. The smallest absolute Gasteiger partial charge is 0.317 e. The van der Waals surface area contributed by atoms with Crippen LogP contribution in [-0.2, 0) is 0 Å². The fraction of sp³-hybridized carbons (Fsp3) is 0.444. The number of para-hydroxylation sites is 1. The molecular weight excluding hydrogens is 288 g/mol. The van der Waals surface area contributed by atoms with Gasteiger partial charge in [0.05, 0.1) is 11.2 Å². The second kappa shape index (κ2) is 6.07. The summed E-state index contributed by atoms with van der Waals surface area (Å²) in [6, 6.07) is 10.3. The summed E-state index contributed by atoms with van der Waals surface area (Å²) >= 11 is 0. The standard InChI is InChI=1S/C18H24N4O/c1-18(2,3)20-17(23)22-12-10-21(11-13-22)15-8-4-6-14-7-5-9-19-16(14)15/h4-9H,10-13H2,1-3H3,(H,20,23). The maximum absolute atomic E-state index is 12.3. The summed E-state index contributed by atoms with van der Waals surface area (Å²) < 4.78 is 0. The summed E-state index contributed by atoms with van der Waals surface area (Å²) in [4.78, 5) is 21.0. The van der Waals surface area contributed by atoms with Gasteiger partial charge < -0.3 is 15.1 Å². The second-order valence-corrected chi connectivity index (χ2v) is 7.01. The number of aromatic nitrogens is 1. The number of anilines is 1. The molecule has 1 N–H and O–H groups in total. The number of piperazine rings is 1. The topological polar surface area (TPSA) is 48.5 Å². The van der Waals surface area contributed by atoms with Crippen molar-refractivity contribution in [3.05, 3.63) is 36.5 Å². The van der Waals surface area contributed by atoms with E-state index in [2.05, 4.69) is 39.5 Å². The first-order chi connectivity index (χ1) is 10.9. The average molecular weight is 312 g/mol. The van der Waals surface area contributed by atoms with E-state index < -0.39 is 0 Å². The molecular formula is C18H24N4O. The molecule has 1 aromatic carbocycles. The van der Waals surface area contributed by atoms with Crippen LogP contribution in [0.15, 0.2) is 36.5 Å². The maximum Gasteiger partial charge on any atom is 0.317 e. The molecule has 1 aliphatic rings. The molecule has 5 heteroatoms. The number of pyridine rings is 1. The lowest BCUT2D eigenvalue weighted by atomic mass is 10.1. The van der Waals surface area contributed by atoms with E-state index >= 15 is 0 Å². The molecule has 23 heavy (non-hydrogen) atoms. The number of amides is 2. The second-order valence-electron chi connectivity index (χ2n) is 7.01. The summed E-state index contributed by atoms with van der Waals surface area (Å²) in [5, 5.41) is 4.18. The van der Waals surface area contributed by atoms with Crippen LogP contribution in [0.1, 0.15) is 20.8 Å². The van der Waals surface area contributed by atoms with E-state index in [1.165, 1.54) is 0 Å². The summed E-state index contributed by atoms with van der Waals surface area (Å²) in [5.41, 5.74) is 1.98. The Morgan fingerprint density at radius 3 is 2.48 bits per heavy atom. The quantitative estimate of drug-likeness (QED) is 0.881. The van der Waals surface area contributed by atoms with Gasteiger partial charge in [-0.25, -0.2) is 4.79 Å². The van der Waals surface area contributed by atoms with Crippen molar-refractivity contribution in [2.75, 3.05) is 31.1 Å². The third kappa shape index (κ3) is 3.55. The van der Waals surface area contributed by atoms with Crippen molar-refractivity contribution < 1.29 is 4.79 Å². The molecule has 2 amide bonds. The Hall–Kier alpha value is -2.30. The normalized spacial score (nSPS) is 15.8. The molecule has 2 heterocycles. The summed E-state index contributed by atoms with van der Waals surface area (Å²) in [7, 11) is 0. The molecule has 3 rings (SSSR count). The van der Waals surface area contributed by atoms with Gasteiger partial charge in [-0.15, -0.1) is 0 Å². The number of hydrogen-bond acceptors (Lipinski definition) is 3. The number of urea groups is 1. The Morgan fingerprint density at radius 1 is 1.09 bits per heavy atom. The van der Waals surface area contributed by atoms with Crippen LogP contribution in [0.5, 0.6) is 0 Å². The van der Waals surface area contributed by atoms with Crippen LogP contribution in [0.25, 0.3) is 10.9 Å². The van der Waals surface area contributed by atoms with Crippen molar-refractivity contribution >= 4 is 22.6 Å². The van der Waals surface area contributed by atoms with Crippen molar-refractivity contribution in [1.82, 2.24) is 15.2 Å². The van der Waals surface area contributed by atoms with Gasteiger partial charge in [0, 0.05) is 43.3 Å². The molecule has 1 aliphatic heterocycles. The highest BCUT2D eigenvalue weighted by molar-refractivity contribution is 5.90. The number of carbonyl (C=O) groups is 1. The molecule has 0 saturated carbocycles. The summed E-state index contributed by atoms with van der Waals surface area (Å²) in [6.45, 7) is 9.12. The van der Waals surface area contributed by atoms with E-state index in [0.29, 0.717) is 0 Å². The zero-order valence-corrected chi connectivity index (χ0v) is 14.0. The molecule has 1 saturated heterocycles. The summed E-state index contributed by atoms with van der Waals surface area (Å²) in [6.07, 6.45) is 1.83. The lowest BCUT2D eigenvalue weighted by molar-refractivity contribution is 0.185. The molecule has 0 unspecified atom stereocenters. The number of fused-ring (bicyclic) bond motifs is 1. The van der Waals surface area contributed by atoms with Gasteiger partial charge in [0.1, 0.15) is 0 Å². The van der Waals surface area contributed by atoms with Crippen LogP contribution < -0.4 is 10.2 Å². The Kier molecular flexibility index (Phi) is 4.11. The van der Waals surface area contributed by atoms with E-state index in [1.54, 1.807) is 0 Å². The van der Waals surface area contributed by atoms with Crippen molar-refractivity contribution in [2.24, 2.45) is 0 Å². The van der Waals surface area contributed by atoms with Gasteiger partial charge in [0.2, 0.25) is 0 Å². The maximum atomic E-state index is 12.3. The average Bonchev–Trinajstić information content (AvgIpc) is 2.53. The zero-order chi connectivity index (χ0) is 16.4. The first kappa shape index (κ1) is 15.6. The largest absolute Gasteiger partial charge is 0.366 e. The number of carbonyl (C=O) groups excluding carboxylic acids is 1. The van der Waals surface area contributed by atoms with Gasteiger partial charge in [-0.3, -0.25) is 4.98 Å². The highest BCUT2D eigenvalue weighted by atomic mass is 16.2. The van der Waals surface area contributed by atoms with Crippen LogP contribution in [0.3, 0.4) is 0 Å². The molecule has 2 aromatic rings. The van der Waals surface area contributed by atoms with Crippen LogP contribution in [0.4, 0.5) is 10.5 Å². The Bertz CT molecular complexity index is 694. The van der Waals surface area contributed by atoms with E-state index in [9.17, 15) is 4.79 Å². The van der Waals surface area contributed by atoms with E-state index in [1.807, 2.05) is 37.9 Å². The fourth-order valence-electron chi connectivity index (χ4n) is 2.89. The monoisotopic (exact) mass is 312 g/mol. The minimum atomic E-state index is -0.201. The number of benzene rings is 1. The number of nitrogens with one attached hydrogen (secondary N) is 1. The molecule has 5 nitrogen and oxygen atoms in total. The first-order valence-corrected chi connectivity index (χ1v) is 8.10. The molecule has 0 aliphatic carbocycles. The predicted molar refractivity (Wildman–Crippen MR) is 93.8 cm³/mol. The third-order valence-corrected chi connectivity index (χ3v) is 4.00. The lowest BCUT2D eigenvalue weighted by Gasteiger charge is -2.37. The molecule has 122 valence electrons. The van der Waals surface area contributed by atoms with E-state index in [-0.39, 0.29) is 11.6 Å². The molecule has 0 bridgehead atoms. The molecule has 0 atom stereocenters. The minimum absolute atomic E-state index is 0.0215. The van der Waals surface area contributed by atoms with E-state index in [4.69, 9.17) is 0 Å². The first-order valence-electron chi connectivity index (χ1n) is 8.10. The Labute approximate surface area is 137 Å². The van der Waals surface area contributed by atoms with Crippen LogP contribution in [0, 0.1) is 0 Å². The van der Waals surface area contributed by atoms with Crippen molar-refractivity contribution in [2.45, 2.75) is 26.3 Å². The summed E-state index contributed by atoms with van der Waals surface area (Å²) in [5.74, 6) is 0. The molecule has 1 aromatic heterocycles. The van der Waals surface area contributed by atoms with Crippen LogP contribution in [0.2, 0.25) is 0 Å². The Balaban J connectivity index is 1.70. The fourth-order valence-corrected chi connectivity index (χ4v) is 2.89. The number of nitrogens with zero attached hydrogens (tertiary/aromatic N) is 3. The minimum Gasteiger partial charge on any atom is -0.366 e. The van der Waals surface area contributed by atoms with E-state index in [0.717, 1.165) is 42.8 Å². The van der Waals surface area contributed by atoms with Gasteiger partial charge in [-0.1, -0.05) is 18.2 Å². The highest BCUT2D eigenvalue weighted by Gasteiger charge is 2.24. The van der Waals surface area contributed by atoms with Gasteiger partial charge >= 0.3 is 6.03 Å². The van der Waals surface area contributed by atoms with Crippen molar-refractivity contribution in [3.8, 4) is 0 Å². The third-order valence-electron chi connectivity index (χ3n) is 4.00. The molecule has 0 spiro atoms.